The molecule has 0 unspecified atom stereocenters. The van der Waals surface area contributed by atoms with Crippen molar-refractivity contribution >= 4 is 55.6 Å². The fourth-order valence-electron chi connectivity index (χ4n) is 4.45. The third-order valence-corrected chi connectivity index (χ3v) is 7.73. The Labute approximate surface area is 238 Å². The lowest BCUT2D eigenvalue weighted by Gasteiger charge is -2.23. The minimum atomic E-state index is -3.49. The number of sulfonamides is 1. The molecule has 40 heavy (non-hydrogen) atoms. The molecule has 0 bridgehead atoms. The van der Waals surface area contributed by atoms with Gasteiger partial charge in [-0.2, -0.15) is 0 Å². The van der Waals surface area contributed by atoms with Gasteiger partial charge in [-0.3, -0.25) is 9.10 Å². The van der Waals surface area contributed by atoms with E-state index in [-0.39, 0.29) is 12.3 Å². The van der Waals surface area contributed by atoms with Crippen molar-refractivity contribution in [1.82, 2.24) is 9.88 Å². The highest BCUT2D eigenvalue weighted by Gasteiger charge is 2.20. The first-order chi connectivity index (χ1) is 18.9. The zero-order valence-corrected chi connectivity index (χ0v) is 24.0. The summed E-state index contributed by atoms with van der Waals surface area (Å²) in [6, 6.07) is 19.0. The van der Waals surface area contributed by atoms with Crippen molar-refractivity contribution in [2.24, 2.45) is 4.99 Å². The first kappa shape index (κ1) is 29.1. The van der Waals surface area contributed by atoms with E-state index in [1.807, 2.05) is 19.0 Å². The number of benzene rings is 3. The van der Waals surface area contributed by atoms with Gasteiger partial charge in [0.15, 0.2) is 5.88 Å². The molecule has 210 valence electrons. The van der Waals surface area contributed by atoms with E-state index < -0.39 is 16.0 Å². The second kappa shape index (κ2) is 12.1. The molecule has 0 amide bonds. The summed E-state index contributed by atoms with van der Waals surface area (Å²) in [5, 5.41) is 21.3. The maximum Gasteiger partial charge on any atom is 0.307 e. The smallest absolute Gasteiger partial charge is 0.307 e. The lowest BCUT2D eigenvalue weighted by Crippen LogP contribution is -2.32. The quantitative estimate of drug-likeness (QED) is 0.213. The van der Waals surface area contributed by atoms with Gasteiger partial charge < -0.3 is 20.1 Å². The predicted molar refractivity (Wildman–Crippen MR) is 160 cm³/mol. The van der Waals surface area contributed by atoms with Crippen LogP contribution in [0.5, 0.6) is 5.88 Å². The van der Waals surface area contributed by atoms with Crippen molar-refractivity contribution in [2.45, 2.75) is 12.8 Å². The van der Waals surface area contributed by atoms with E-state index in [1.165, 1.54) is 10.6 Å². The molecule has 0 fully saturated rings. The van der Waals surface area contributed by atoms with Crippen molar-refractivity contribution in [3.05, 3.63) is 88.4 Å². The van der Waals surface area contributed by atoms with E-state index in [0.717, 1.165) is 6.54 Å². The van der Waals surface area contributed by atoms with Crippen LogP contribution in [0.3, 0.4) is 0 Å². The van der Waals surface area contributed by atoms with Gasteiger partial charge >= 0.3 is 5.97 Å². The molecule has 0 aliphatic rings. The lowest BCUT2D eigenvalue weighted by molar-refractivity contribution is -0.136. The summed E-state index contributed by atoms with van der Waals surface area (Å²) in [5.74, 6) is -1.02. The Morgan fingerprint density at radius 3 is 2.27 bits per heavy atom. The van der Waals surface area contributed by atoms with E-state index in [9.17, 15) is 18.3 Å². The van der Waals surface area contributed by atoms with Crippen molar-refractivity contribution in [3.8, 4) is 5.88 Å². The van der Waals surface area contributed by atoms with E-state index in [4.69, 9.17) is 21.7 Å². The minimum absolute atomic E-state index is 0.0913. The average molecular weight is 583 g/mol. The Balaban J connectivity index is 1.77. The maximum absolute atomic E-state index is 12.5. The molecule has 0 aliphatic heterocycles. The molecule has 9 nitrogen and oxygen atoms in total. The van der Waals surface area contributed by atoms with Crippen molar-refractivity contribution < 1.29 is 23.4 Å². The van der Waals surface area contributed by atoms with Gasteiger partial charge in [0.05, 0.1) is 40.8 Å². The summed E-state index contributed by atoms with van der Waals surface area (Å²) in [7, 11) is 0.392. The van der Waals surface area contributed by atoms with Crippen molar-refractivity contribution in [1.29, 1.82) is 0 Å². The minimum Gasteiger partial charge on any atom is -0.494 e. The first-order valence-electron chi connectivity index (χ1n) is 12.6. The molecule has 1 heterocycles. The maximum atomic E-state index is 12.5. The molecule has 4 rings (SSSR count). The van der Waals surface area contributed by atoms with Crippen LogP contribution in [0.15, 0.2) is 71.7 Å². The highest BCUT2D eigenvalue weighted by atomic mass is 35.5. The van der Waals surface area contributed by atoms with Gasteiger partial charge in [-0.05, 0) is 69.0 Å². The molecule has 11 heteroatoms. The number of aliphatic imine (C=N–C) groups is 1. The van der Waals surface area contributed by atoms with Crippen LogP contribution in [-0.2, 0) is 21.2 Å². The van der Waals surface area contributed by atoms with Gasteiger partial charge in [0, 0.05) is 22.5 Å². The Kier molecular flexibility index (Phi) is 8.82. The van der Waals surface area contributed by atoms with Crippen LogP contribution in [0, 0.1) is 0 Å². The molecule has 3 aromatic carbocycles. The van der Waals surface area contributed by atoms with E-state index >= 15 is 0 Å². The Bertz CT molecular complexity index is 1650. The number of nitrogens with zero attached hydrogens (tertiary/aromatic N) is 3. The molecule has 0 radical (unpaired) electrons. The molecule has 3 N–H and O–H groups in total. The fourth-order valence-corrected chi connectivity index (χ4v) is 5.59. The fraction of sp³-hybridized carbons (Fsp3) is 0.241. The number of rotatable bonds is 11. The number of fused-ring (bicyclic) bond motifs is 1. The standard InChI is InChI=1S/C29H31ClN4O5S/c1-33(2)15-4-16-34(40(3,38)39)23-12-10-22(11-13-23)31-28(20-7-5-19(6-8-20)17-26(35)36)27-24-14-9-21(30)18-25(24)32-29(27)37/h5-14,18,32,37H,4,15-17H2,1-3H3,(H,35,36). The molecule has 1 aromatic heterocycles. The largest absolute Gasteiger partial charge is 0.494 e. The number of anilines is 1. The van der Waals surface area contributed by atoms with Crippen LogP contribution in [0.4, 0.5) is 11.4 Å². The Morgan fingerprint density at radius 1 is 1.00 bits per heavy atom. The average Bonchev–Trinajstić information content (AvgIpc) is 3.19. The van der Waals surface area contributed by atoms with Crippen LogP contribution in [0.2, 0.25) is 5.02 Å². The Hall–Kier alpha value is -3.86. The molecule has 0 aliphatic carbocycles. The molecule has 0 saturated carbocycles. The van der Waals surface area contributed by atoms with E-state index in [0.29, 0.717) is 62.7 Å². The van der Waals surface area contributed by atoms with Crippen LogP contribution in [-0.4, -0.2) is 73.6 Å². The van der Waals surface area contributed by atoms with E-state index in [1.54, 1.807) is 66.7 Å². The van der Waals surface area contributed by atoms with Crippen LogP contribution in [0.25, 0.3) is 10.9 Å². The topological polar surface area (TPSA) is 126 Å². The number of aromatic hydroxyl groups is 1. The monoisotopic (exact) mass is 582 g/mol. The number of carbonyl (C=O) groups is 1. The summed E-state index contributed by atoms with van der Waals surface area (Å²) in [6.07, 6.45) is 1.75. The summed E-state index contributed by atoms with van der Waals surface area (Å²) in [5.41, 5.74) is 3.90. The Morgan fingerprint density at radius 2 is 1.68 bits per heavy atom. The normalized spacial score (nSPS) is 12.3. The summed E-state index contributed by atoms with van der Waals surface area (Å²) >= 11 is 6.16. The third kappa shape index (κ3) is 7.01. The number of halogens is 1. The number of aromatic amines is 1. The second-order valence-electron chi connectivity index (χ2n) is 9.77. The SMILES string of the molecule is CN(C)CCCN(c1ccc(N=C(c2ccc(CC(=O)O)cc2)c2c(O)[nH]c3cc(Cl)ccc23)cc1)S(C)(=O)=O. The second-order valence-corrected chi connectivity index (χ2v) is 12.1. The number of H-pyrrole nitrogens is 1. The molecular formula is C29H31ClN4O5S. The number of aliphatic carboxylic acids is 1. The van der Waals surface area contributed by atoms with Gasteiger partial charge in [0.1, 0.15) is 0 Å². The van der Waals surface area contributed by atoms with Crippen molar-refractivity contribution in [2.75, 3.05) is 37.7 Å². The molecule has 0 spiro atoms. The molecule has 0 saturated heterocycles. The number of aromatic nitrogens is 1. The molecular weight excluding hydrogens is 552 g/mol. The van der Waals surface area contributed by atoms with Gasteiger partial charge in [-0.25, -0.2) is 13.4 Å². The third-order valence-electron chi connectivity index (χ3n) is 6.31. The highest BCUT2D eigenvalue weighted by molar-refractivity contribution is 7.92. The van der Waals surface area contributed by atoms with Gasteiger partial charge in [-0.15, -0.1) is 0 Å². The summed E-state index contributed by atoms with van der Waals surface area (Å²) in [6.45, 7) is 1.10. The number of carboxylic acids is 1. The van der Waals surface area contributed by atoms with Gasteiger partial charge in [-0.1, -0.05) is 41.9 Å². The zero-order valence-electron chi connectivity index (χ0n) is 22.4. The number of hydrogen-bond donors (Lipinski definition) is 3. The molecule has 0 atom stereocenters. The van der Waals surface area contributed by atoms with Crippen LogP contribution < -0.4 is 4.31 Å². The van der Waals surface area contributed by atoms with E-state index in [2.05, 4.69) is 4.98 Å². The van der Waals surface area contributed by atoms with Crippen molar-refractivity contribution in [3.63, 3.8) is 0 Å². The van der Waals surface area contributed by atoms with Gasteiger partial charge in [0.25, 0.3) is 0 Å². The number of hydrogen-bond acceptors (Lipinski definition) is 6. The van der Waals surface area contributed by atoms with Crippen LogP contribution >= 0.6 is 11.6 Å². The summed E-state index contributed by atoms with van der Waals surface area (Å²) in [4.78, 5) is 20.9. The number of nitrogens with one attached hydrogen (secondary N) is 1. The summed E-state index contributed by atoms with van der Waals surface area (Å²) < 4.78 is 26.4. The van der Waals surface area contributed by atoms with Crippen LogP contribution in [0.1, 0.15) is 23.1 Å². The number of carboxylic acid groups (broad SMARTS) is 1. The highest BCUT2D eigenvalue weighted by Crippen LogP contribution is 2.33. The van der Waals surface area contributed by atoms with Gasteiger partial charge in [0.2, 0.25) is 10.0 Å². The lowest BCUT2D eigenvalue weighted by atomic mass is 9.99. The zero-order chi connectivity index (χ0) is 29.0. The molecule has 4 aromatic rings. The first-order valence-corrected chi connectivity index (χ1v) is 14.8. The predicted octanol–water partition coefficient (Wildman–Crippen LogP) is 5.04.